The Morgan fingerprint density at radius 1 is 1.24 bits per heavy atom. The predicted molar refractivity (Wildman–Crippen MR) is 57.0 cm³/mol. The SMILES string of the molecule is CC(=O)O/C(=C/C(F)(F)F)c1ccc(C)cc1. The number of allylic oxidation sites excluding steroid dienone is 1. The quantitative estimate of drug-likeness (QED) is 0.588. The van der Waals surface area contributed by atoms with Gasteiger partial charge in [0.1, 0.15) is 5.76 Å². The molecule has 0 N–H and O–H groups in total. The van der Waals surface area contributed by atoms with Crippen LogP contribution in [0, 0.1) is 6.92 Å². The van der Waals surface area contributed by atoms with E-state index in [0.29, 0.717) is 0 Å². The largest absolute Gasteiger partial charge is 0.426 e. The van der Waals surface area contributed by atoms with Crippen LogP contribution >= 0.6 is 0 Å². The number of carbonyl (C=O) groups is 1. The first kappa shape index (κ1) is 13.3. The number of alkyl halides is 3. The van der Waals surface area contributed by atoms with Crippen LogP contribution in [-0.4, -0.2) is 12.1 Å². The minimum atomic E-state index is -4.53. The molecule has 1 aromatic rings. The van der Waals surface area contributed by atoms with Crippen LogP contribution in [0.1, 0.15) is 18.1 Å². The lowest BCUT2D eigenvalue weighted by Crippen LogP contribution is -2.07. The molecular weight excluding hydrogens is 233 g/mol. The van der Waals surface area contributed by atoms with Crippen LogP contribution in [0.2, 0.25) is 0 Å². The molecule has 1 aromatic carbocycles. The highest BCUT2D eigenvalue weighted by molar-refractivity contribution is 5.76. The van der Waals surface area contributed by atoms with Gasteiger partial charge in [-0.3, -0.25) is 4.79 Å². The van der Waals surface area contributed by atoms with Crippen molar-refractivity contribution < 1.29 is 22.7 Å². The van der Waals surface area contributed by atoms with Gasteiger partial charge in [-0.15, -0.1) is 0 Å². The Balaban J connectivity index is 3.10. The molecule has 5 heteroatoms. The number of carbonyl (C=O) groups excluding carboxylic acids is 1. The monoisotopic (exact) mass is 244 g/mol. The van der Waals surface area contributed by atoms with Gasteiger partial charge in [0, 0.05) is 12.5 Å². The summed E-state index contributed by atoms with van der Waals surface area (Å²) in [6.45, 7) is 2.86. The topological polar surface area (TPSA) is 26.3 Å². The van der Waals surface area contributed by atoms with E-state index in [9.17, 15) is 18.0 Å². The summed E-state index contributed by atoms with van der Waals surface area (Å²) in [7, 11) is 0. The summed E-state index contributed by atoms with van der Waals surface area (Å²) in [5, 5.41) is 0. The van der Waals surface area contributed by atoms with Gasteiger partial charge in [0.25, 0.3) is 0 Å². The number of rotatable bonds is 2. The molecule has 0 spiro atoms. The fourth-order valence-corrected chi connectivity index (χ4v) is 1.19. The van der Waals surface area contributed by atoms with E-state index in [-0.39, 0.29) is 11.6 Å². The minimum absolute atomic E-state index is 0.0287. The molecule has 0 aliphatic heterocycles. The number of ether oxygens (including phenoxy) is 1. The Labute approximate surface area is 96.7 Å². The number of benzene rings is 1. The van der Waals surface area contributed by atoms with Crippen LogP contribution < -0.4 is 0 Å². The molecule has 2 nitrogen and oxygen atoms in total. The number of esters is 1. The Morgan fingerprint density at radius 2 is 1.76 bits per heavy atom. The lowest BCUT2D eigenvalue weighted by atomic mass is 10.1. The van der Waals surface area contributed by atoms with E-state index < -0.39 is 17.9 Å². The van der Waals surface area contributed by atoms with Crippen LogP contribution in [-0.2, 0) is 9.53 Å². The molecule has 0 heterocycles. The second kappa shape index (κ2) is 5.03. The van der Waals surface area contributed by atoms with Gasteiger partial charge >= 0.3 is 12.1 Å². The average molecular weight is 244 g/mol. The third-order valence-corrected chi connectivity index (χ3v) is 1.88. The normalized spacial score (nSPS) is 12.4. The standard InChI is InChI=1S/C12H11F3O2/c1-8-3-5-10(6-4-8)11(17-9(2)16)7-12(13,14)15/h3-7H,1-2H3/b11-7+. The van der Waals surface area contributed by atoms with Gasteiger partial charge < -0.3 is 4.74 Å². The Hall–Kier alpha value is -1.78. The molecule has 0 radical (unpaired) electrons. The number of hydrogen-bond donors (Lipinski definition) is 0. The van der Waals surface area contributed by atoms with Crippen molar-refractivity contribution in [1.82, 2.24) is 0 Å². The zero-order chi connectivity index (χ0) is 13.1. The molecule has 0 bridgehead atoms. The highest BCUT2D eigenvalue weighted by atomic mass is 19.4. The summed E-state index contributed by atoms with van der Waals surface area (Å²) in [5.41, 5.74) is 1.12. The molecule has 0 atom stereocenters. The molecule has 0 aromatic heterocycles. The smallest absolute Gasteiger partial charge is 0.413 e. The van der Waals surface area contributed by atoms with Crippen LogP contribution in [0.15, 0.2) is 30.3 Å². The third-order valence-electron chi connectivity index (χ3n) is 1.88. The van der Waals surface area contributed by atoms with Crippen molar-refractivity contribution in [2.75, 3.05) is 0 Å². The van der Waals surface area contributed by atoms with Crippen molar-refractivity contribution in [3.8, 4) is 0 Å². The fraction of sp³-hybridized carbons (Fsp3) is 0.250. The number of hydrogen-bond acceptors (Lipinski definition) is 2. The van der Waals surface area contributed by atoms with Gasteiger partial charge in [-0.05, 0) is 6.92 Å². The summed E-state index contributed by atoms with van der Waals surface area (Å²) < 4.78 is 41.3. The maximum absolute atomic E-state index is 12.3. The molecular formula is C12H11F3O2. The van der Waals surface area contributed by atoms with Crippen LogP contribution in [0.3, 0.4) is 0 Å². The van der Waals surface area contributed by atoms with Gasteiger partial charge in [-0.1, -0.05) is 29.8 Å². The first-order valence-corrected chi connectivity index (χ1v) is 4.83. The molecule has 0 saturated heterocycles. The number of halogens is 3. The molecule has 0 aliphatic rings. The third kappa shape index (κ3) is 4.72. The van der Waals surface area contributed by atoms with Gasteiger partial charge in [0.15, 0.2) is 0 Å². The maximum atomic E-state index is 12.3. The van der Waals surface area contributed by atoms with Crippen molar-refractivity contribution in [2.24, 2.45) is 0 Å². The van der Waals surface area contributed by atoms with Gasteiger partial charge in [-0.2, -0.15) is 13.2 Å². The predicted octanol–water partition coefficient (Wildman–Crippen LogP) is 3.46. The minimum Gasteiger partial charge on any atom is -0.426 e. The Morgan fingerprint density at radius 3 is 2.18 bits per heavy atom. The van der Waals surface area contributed by atoms with Crippen molar-refractivity contribution in [1.29, 1.82) is 0 Å². The highest BCUT2D eigenvalue weighted by Crippen LogP contribution is 2.25. The van der Waals surface area contributed by atoms with Crippen LogP contribution in [0.4, 0.5) is 13.2 Å². The van der Waals surface area contributed by atoms with E-state index in [2.05, 4.69) is 4.74 Å². The first-order valence-electron chi connectivity index (χ1n) is 4.83. The summed E-state index contributed by atoms with van der Waals surface area (Å²) in [5.74, 6) is -1.29. The van der Waals surface area contributed by atoms with Crippen LogP contribution in [0.25, 0.3) is 5.76 Å². The highest BCUT2D eigenvalue weighted by Gasteiger charge is 2.26. The summed E-state index contributed by atoms with van der Waals surface area (Å²) >= 11 is 0. The van der Waals surface area contributed by atoms with E-state index in [1.807, 2.05) is 6.92 Å². The molecule has 1 rings (SSSR count). The molecule has 0 unspecified atom stereocenters. The molecule has 17 heavy (non-hydrogen) atoms. The van der Waals surface area contributed by atoms with Gasteiger partial charge in [0.2, 0.25) is 0 Å². The summed E-state index contributed by atoms with van der Waals surface area (Å²) in [4.78, 5) is 10.7. The van der Waals surface area contributed by atoms with E-state index in [1.165, 1.54) is 12.1 Å². The molecule has 92 valence electrons. The van der Waals surface area contributed by atoms with E-state index in [1.54, 1.807) is 12.1 Å². The van der Waals surface area contributed by atoms with Crippen LogP contribution in [0.5, 0.6) is 0 Å². The van der Waals surface area contributed by atoms with Gasteiger partial charge in [0.05, 0.1) is 6.08 Å². The fourth-order valence-electron chi connectivity index (χ4n) is 1.19. The average Bonchev–Trinajstić information content (AvgIpc) is 2.14. The second-order valence-corrected chi connectivity index (χ2v) is 3.51. The zero-order valence-electron chi connectivity index (χ0n) is 9.34. The lowest BCUT2D eigenvalue weighted by molar-refractivity contribution is -0.134. The van der Waals surface area contributed by atoms with E-state index in [4.69, 9.17) is 0 Å². The summed E-state index contributed by atoms with van der Waals surface area (Å²) in [6, 6.07) is 6.22. The second-order valence-electron chi connectivity index (χ2n) is 3.51. The number of aryl methyl sites for hydroxylation is 1. The molecule has 0 amide bonds. The molecule has 0 fully saturated rings. The molecule has 0 aliphatic carbocycles. The lowest BCUT2D eigenvalue weighted by Gasteiger charge is -2.09. The van der Waals surface area contributed by atoms with E-state index >= 15 is 0 Å². The van der Waals surface area contributed by atoms with Crippen molar-refractivity contribution in [2.45, 2.75) is 20.0 Å². The Kier molecular flexibility index (Phi) is 3.93. The zero-order valence-corrected chi connectivity index (χ0v) is 9.34. The van der Waals surface area contributed by atoms with Crippen molar-refractivity contribution in [3.05, 3.63) is 41.5 Å². The van der Waals surface area contributed by atoms with Gasteiger partial charge in [-0.25, -0.2) is 0 Å². The maximum Gasteiger partial charge on any atom is 0.413 e. The van der Waals surface area contributed by atoms with Crippen molar-refractivity contribution in [3.63, 3.8) is 0 Å². The summed E-state index contributed by atoms with van der Waals surface area (Å²) in [6.07, 6.45) is -4.56. The molecule has 0 saturated carbocycles. The van der Waals surface area contributed by atoms with E-state index in [0.717, 1.165) is 12.5 Å². The van der Waals surface area contributed by atoms with Crippen molar-refractivity contribution >= 4 is 11.7 Å². The first-order chi connectivity index (χ1) is 7.78. The Bertz CT molecular complexity index is 430.